The third kappa shape index (κ3) is 3.42. The number of aromatic amines is 1. The Kier molecular flexibility index (Phi) is 4.51. The molecule has 2 rings (SSSR count). The van der Waals surface area contributed by atoms with Gasteiger partial charge in [-0.05, 0) is 18.7 Å². The largest absolute Gasteiger partial charge is 0.374 e. The summed E-state index contributed by atoms with van der Waals surface area (Å²) in [4.78, 5) is 15.7. The number of rotatable bonds is 6. The van der Waals surface area contributed by atoms with Crippen LogP contribution in [0.2, 0.25) is 0 Å². The zero-order valence-corrected chi connectivity index (χ0v) is 10.7. The molecule has 4 N–H and O–H groups in total. The maximum absolute atomic E-state index is 5.38. The van der Waals surface area contributed by atoms with Crippen molar-refractivity contribution in [2.75, 3.05) is 12.0 Å². The first-order chi connectivity index (χ1) is 8.81. The minimum Gasteiger partial charge on any atom is -0.374 e. The Bertz CT molecular complexity index is 489. The van der Waals surface area contributed by atoms with Crippen molar-refractivity contribution >= 4 is 17.6 Å². The highest BCUT2D eigenvalue weighted by molar-refractivity contribution is 7.99. The number of aromatic nitrogens is 4. The number of nitrogens with zero attached hydrogens (tertiary/aromatic N) is 3. The topological polar surface area (TPSA) is 102 Å². The van der Waals surface area contributed by atoms with Crippen LogP contribution in [0.5, 0.6) is 0 Å². The molecule has 2 heterocycles. The Morgan fingerprint density at radius 3 is 3.06 bits per heavy atom. The van der Waals surface area contributed by atoms with Crippen molar-refractivity contribution in [1.29, 1.82) is 0 Å². The fraction of sp³-hybridized carbons (Fsp3) is 0.300. The smallest absolute Gasteiger partial charge is 0.171 e. The Morgan fingerprint density at radius 1 is 1.50 bits per heavy atom. The summed E-state index contributed by atoms with van der Waals surface area (Å²) in [5, 5.41) is 1.52. The lowest BCUT2D eigenvalue weighted by molar-refractivity contribution is 0.128. The van der Waals surface area contributed by atoms with Crippen LogP contribution < -0.4 is 11.3 Å². The van der Waals surface area contributed by atoms with Gasteiger partial charge in [-0.3, -0.25) is 0 Å². The van der Waals surface area contributed by atoms with Gasteiger partial charge in [0.05, 0.1) is 0 Å². The van der Waals surface area contributed by atoms with Crippen LogP contribution in [0, 0.1) is 0 Å². The van der Waals surface area contributed by atoms with E-state index < -0.39 is 0 Å². The van der Waals surface area contributed by atoms with Crippen molar-refractivity contribution in [2.24, 2.45) is 5.84 Å². The summed E-state index contributed by atoms with van der Waals surface area (Å²) in [6.45, 7) is 2.89. The number of ether oxygens (including phenoxy) is 1. The third-order valence-electron chi connectivity index (χ3n) is 2.01. The summed E-state index contributed by atoms with van der Waals surface area (Å²) < 4.78 is 5.28. The van der Waals surface area contributed by atoms with E-state index in [2.05, 4.69) is 25.4 Å². The number of nitrogens with two attached hydrogens (primary N) is 1. The van der Waals surface area contributed by atoms with Crippen LogP contribution in [0.3, 0.4) is 0 Å². The van der Waals surface area contributed by atoms with E-state index in [9.17, 15) is 0 Å². The minimum atomic E-state index is 0.359. The molecule has 0 aromatic carbocycles. The Labute approximate surface area is 109 Å². The summed E-state index contributed by atoms with van der Waals surface area (Å²) in [6, 6.07) is 1.75. The maximum atomic E-state index is 5.38. The van der Waals surface area contributed by atoms with Crippen LogP contribution in [-0.4, -0.2) is 26.5 Å². The molecule has 18 heavy (non-hydrogen) atoms. The quantitative estimate of drug-likeness (QED) is 0.410. The van der Waals surface area contributed by atoms with Gasteiger partial charge in [0, 0.05) is 25.1 Å². The number of imidazole rings is 1. The molecule has 0 bridgehead atoms. The predicted molar refractivity (Wildman–Crippen MR) is 67.9 cm³/mol. The van der Waals surface area contributed by atoms with E-state index in [-0.39, 0.29) is 0 Å². The number of anilines is 1. The fourth-order valence-electron chi connectivity index (χ4n) is 1.26. The standard InChI is InChI=1S/C10H14N6OS/c1-2-17-6-8-14-7(16-11)5-9(15-8)18-10-12-3-4-13-10/h3-5H,2,6,11H2,1H3,(H,12,13)(H,14,15,16). The zero-order chi connectivity index (χ0) is 12.8. The monoisotopic (exact) mass is 266 g/mol. The van der Waals surface area contributed by atoms with Gasteiger partial charge in [0.15, 0.2) is 11.0 Å². The summed E-state index contributed by atoms with van der Waals surface area (Å²) in [6.07, 6.45) is 3.44. The van der Waals surface area contributed by atoms with Crippen molar-refractivity contribution in [3.8, 4) is 0 Å². The molecule has 0 unspecified atom stereocenters. The van der Waals surface area contributed by atoms with Crippen molar-refractivity contribution in [1.82, 2.24) is 19.9 Å². The SMILES string of the molecule is CCOCc1nc(NN)cc(Sc2ncc[nH]2)n1. The van der Waals surface area contributed by atoms with E-state index in [1.165, 1.54) is 11.8 Å². The molecule has 0 aliphatic carbocycles. The molecule has 8 heteroatoms. The summed E-state index contributed by atoms with van der Waals surface area (Å²) in [5.41, 5.74) is 2.51. The van der Waals surface area contributed by atoms with Gasteiger partial charge in [0.1, 0.15) is 17.5 Å². The average molecular weight is 266 g/mol. The second-order valence-electron chi connectivity index (χ2n) is 3.29. The van der Waals surface area contributed by atoms with E-state index in [4.69, 9.17) is 10.6 Å². The molecule has 0 fully saturated rings. The van der Waals surface area contributed by atoms with Crippen molar-refractivity contribution in [2.45, 2.75) is 23.7 Å². The number of nitrogen functional groups attached to an aromatic ring is 1. The van der Waals surface area contributed by atoms with E-state index in [1.54, 1.807) is 18.5 Å². The molecule has 0 aliphatic heterocycles. The second kappa shape index (κ2) is 6.34. The number of hydrazine groups is 1. The second-order valence-corrected chi connectivity index (χ2v) is 4.29. The summed E-state index contributed by atoms with van der Waals surface area (Å²) in [5.74, 6) is 6.51. The molecular weight excluding hydrogens is 252 g/mol. The lowest BCUT2D eigenvalue weighted by atomic mass is 10.5. The first kappa shape index (κ1) is 12.8. The lowest BCUT2D eigenvalue weighted by Gasteiger charge is -2.06. The highest BCUT2D eigenvalue weighted by Gasteiger charge is 2.07. The van der Waals surface area contributed by atoms with Gasteiger partial charge in [-0.15, -0.1) is 0 Å². The predicted octanol–water partition coefficient (Wildman–Crippen LogP) is 1.17. The van der Waals surface area contributed by atoms with Gasteiger partial charge in [-0.2, -0.15) is 0 Å². The van der Waals surface area contributed by atoms with E-state index in [0.29, 0.717) is 24.9 Å². The molecule has 0 saturated heterocycles. The Hall–Kier alpha value is -1.64. The minimum absolute atomic E-state index is 0.359. The maximum Gasteiger partial charge on any atom is 0.171 e. The third-order valence-corrected chi connectivity index (χ3v) is 2.84. The average Bonchev–Trinajstić information content (AvgIpc) is 2.89. The van der Waals surface area contributed by atoms with Crippen LogP contribution in [0.15, 0.2) is 28.6 Å². The van der Waals surface area contributed by atoms with Gasteiger partial charge >= 0.3 is 0 Å². The molecule has 0 spiro atoms. The molecule has 0 radical (unpaired) electrons. The summed E-state index contributed by atoms with van der Waals surface area (Å²) >= 11 is 1.40. The van der Waals surface area contributed by atoms with Crippen LogP contribution >= 0.6 is 11.8 Å². The fourth-order valence-corrected chi connectivity index (χ4v) is 2.02. The van der Waals surface area contributed by atoms with Crippen LogP contribution in [-0.2, 0) is 11.3 Å². The van der Waals surface area contributed by atoms with E-state index >= 15 is 0 Å². The molecule has 0 atom stereocenters. The molecule has 0 saturated carbocycles. The molecule has 2 aromatic rings. The van der Waals surface area contributed by atoms with Gasteiger partial charge in [0.25, 0.3) is 0 Å². The molecule has 96 valence electrons. The Morgan fingerprint density at radius 2 is 2.39 bits per heavy atom. The zero-order valence-electron chi connectivity index (χ0n) is 9.88. The number of hydrogen-bond acceptors (Lipinski definition) is 7. The first-order valence-corrected chi connectivity index (χ1v) is 6.23. The highest BCUT2D eigenvalue weighted by atomic mass is 32.2. The van der Waals surface area contributed by atoms with E-state index in [0.717, 1.165) is 10.2 Å². The van der Waals surface area contributed by atoms with Gasteiger partial charge in [0.2, 0.25) is 0 Å². The Balaban J connectivity index is 2.17. The van der Waals surface area contributed by atoms with Crippen LogP contribution in [0.25, 0.3) is 0 Å². The number of hydrogen-bond donors (Lipinski definition) is 3. The van der Waals surface area contributed by atoms with Gasteiger partial charge in [-0.1, -0.05) is 0 Å². The molecule has 7 nitrogen and oxygen atoms in total. The van der Waals surface area contributed by atoms with Crippen molar-refractivity contribution in [3.63, 3.8) is 0 Å². The number of nitrogens with one attached hydrogen (secondary N) is 2. The van der Waals surface area contributed by atoms with Gasteiger partial charge < -0.3 is 15.1 Å². The van der Waals surface area contributed by atoms with Crippen LogP contribution in [0.4, 0.5) is 5.82 Å². The molecule has 0 aliphatic rings. The lowest BCUT2D eigenvalue weighted by Crippen LogP contribution is -2.11. The normalized spacial score (nSPS) is 10.6. The van der Waals surface area contributed by atoms with Gasteiger partial charge in [-0.25, -0.2) is 20.8 Å². The van der Waals surface area contributed by atoms with E-state index in [1.807, 2.05) is 6.92 Å². The first-order valence-electron chi connectivity index (χ1n) is 5.41. The van der Waals surface area contributed by atoms with Crippen molar-refractivity contribution < 1.29 is 4.74 Å². The molecule has 0 amide bonds. The molecule has 2 aromatic heterocycles. The van der Waals surface area contributed by atoms with Crippen molar-refractivity contribution in [3.05, 3.63) is 24.3 Å². The highest BCUT2D eigenvalue weighted by Crippen LogP contribution is 2.24. The molecular formula is C10H14N6OS. The van der Waals surface area contributed by atoms with Crippen LogP contribution in [0.1, 0.15) is 12.7 Å². The number of H-pyrrole nitrogens is 1. The summed E-state index contributed by atoms with van der Waals surface area (Å²) in [7, 11) is 0.